The first kappa shape index (κ1) is 14.8. The van der Waals surface area contributed by atoms with Crippen molar-refractivity contribution in [2.24, 2.45) is 0 Å². The van der Waals surface area contributed by atoms with Crippen LogP contribution in [0.25, 0.3) is 10.9 Å². The van der Waals surface area contributed by atoms with Gasteiger partial charge in [-0.15, -0.1) is 0 Å². The molecule has 2 aromatic carbocycles. The molecule has 0 aliphatic carbocycles. The third kappa shape index (κ3) is 3.37. The van der Waals surface area contributed by atoms with Gasteiger partial charge in [0.1, 0.15) is 12.1 Å². The van der Waals surface area contributed by atoms with Crippen molar-refractivity contribution in [3.05, 3.63) is 54.4 Å². The van der Waals surface area contributed by atoms with E-state index >= 15 is 0 Å². The van der Waals surface area contributed by atoms with Crippen LogP contribution >= 0.6 is 0 Å². The molecule has 0 aliphatic heterocycles. The Labute approximate surface area is 134 Å². The van der Waals surface area contributed by atoms with E-state index in [1.165, 1.54) is 6.33 Å². The van der Waals surface area contributed by atoms with Gasteiger partial charge in [0.05, 0.1) is 5.52 Å². The number of urea groups is 1. The Morgan fingerprint density at radius 1 is 1.04 bits per heavy atom. The van der Waals surface area contributed by atoms with E-state index in [2.05, 4.69) is 25.9 Å². The fourth-order valence-corrected chi connectivity index (χ4v) is 2.29. The van der Waals surface area contributed by atoms with Crippen molar-refractivity contribution in [3.63, 3.8) is 0 Å². The van der Waals surface area contributed by atoms with Crippen molar-refractivity contribution in [1.29, 1.82) is 0 Å². The van der Waals surface area contributed by atoms with Gasteiger partial charge in [-0.25, -0.2) is 14.8 Å². The zero-order chi connectivity index (χ0) is 16.2. The van der Waals surface area contributed by atoms with Gasteiger partial charge >= 0.3 is 6.03 Å². The van der Waals surface area contributed by atoms with Crippen LogP contribution in [0.2, 0.25) is 0 Å². The summed E-state index contributed by atoms with van der Waals surface area (Å²) in [5, 5.41) is 9.41. The van der Waals surface area contributed by atoms with Crippen LogP contribution in [0.4, 0.5) is 22.0 Å². The van der Waals surface area contributed by atoms with Crippen LogP contribution in [0.15, 0.2) is 48.8 Å². The second kappa shape index (κ2) is 6.31. The average molecular weight is 307 g/mol. The number of aromatic nitrogens is 2. The Kier molecular flexibility index (Phi) is 4.05. The molecule has 0 atom stereocenters. The number of fused-ring (bicyclic) bond motifs is 1. The number of carbonyl (C=O) groups excluding carboxylic acids is 1. The summed E-state index contributed by atoms with van der Waals surface area (Å²) >= 11 is 0. The lowest BCUT2D eigenvalue weighted by atomic mass is 10.2. The van der Waals surface area contributed by atoms with Crippen molar-refractivity contribution in [1.82, 2.24) is 15.3 Å². The minimum atomic E-state index is -0.269. The zero-order valence-corrected chi connectivity index (χ0v) is 12.9. The second-order valence-electron chi connectivity index (χ2n) is 5.15. The van der Waals surface area contributed by atoms with Gasteiger partial charge < -0.3 is 16.0 Å². The summed E-state index contributed by atoms with van der Waals surface area (Å²) in [5.41, 5.74) is 3.60. The van der Waals surface area contributed by atoms with Crippen molar-refractivity contribution in [2.75, 3.05) is 17.7 Å². The molecule has 0 saturated carbocycles. The minimum absolute atomic E-state index is 0.269. The van der Waals surface area contributed by atoms with Gasteiger partial charge in [-0.3, -0.25) is 0 Å². The Bertz CT molecular complexity index is 862. The number of carbonyl (C=O) groups is 1. The quantitative estimate of drug-likeness (QED) is 0.692. The number of benzene rings is 2. The van der Waals surface area contributed by atoms with Gasteiger partial charge in [0.25, 0.3) is 0 Å². The molecule has 1 aromatic heterocycles. The van der Waals surface area contributed by atoms with Gasteiger partial charge in [0.15, 0.2) is 0 Å². The van der Waals surface area contributed by atoms with E-state index in [-0.39, 0.29) is 6.03 Å². The molecule has 3 rings (SSSR count). The largest absolute Gasteiger partial charge is 0.341 e. The monoisotopic (exact) mass is 307 g/mol. The summed E-state index contributed by atoms with van der Waals surface area (Å²) in [6, 6.07) is 13.3. The third-order valence-electron chi connectivity index (χ3n) is 3.40. The molecule has 116 valence electrons. The number of aryl methyl sites for hydroxylation is 1. The van der Waals surface area contributed by atoms with Gasteiger partial charge in [0, 0.05) is 23.8 Å². The summed E-state index contributed by atoms with van der Waals surface area (Å²) in [6.45, 7) is 2.04. The van der Waals surface area contributed by atoms with Gasteiger partial charge in [-0.1, -0.05) is 12.1 Å². The summed E-state index contributed by atoms with van der Waals surface area (Å²) in [4.78, 5) is 20.0. The van der Waals surface area contributed by atoms with Crippen LogP contribution in [-0.4, -0.2) is 23.0 Å². The molecule has 0 saturated heterocycles. The van der Waals surface area contributed by atoms with E-state index in [0.29, 0.717) is 11.5 Å². The van der Waals surface area contributed by atoms with Crippen LogP contribution in [0.3, 0.4) is 0 Å². The Morgan fingerprint density at radius 2 is 1.91 bits per heavy atom. The highest BCUT2D eigenvalue weighted by Gasteiger charge is 2.07. The predicted octanol–water partition coefficient (Wildman–Crippen LogP) is 3.43. The molecule has 6 heteroatoms. The molecular formula is C17H17N5O. The Hall–Kier alpha value is -3.15. The molecule has 0 spiro atoms. The fourth-order valence-electron chi connectivity index (χ4n) is 2.29. The van der Waals surface area contributed by atoms with Gasteiger partial charge in [-0.05, 0) is 42.8 Å². The van der Waals surface area contributed by atoms with E-state index in [1.54, 1.807) is 13.1 Å². The first-order valence-electron chi connectivity index (χ1n) is 7.23. The highest BCUT2D eigenvalue weighted by Crippen LogP contribution is 2.26. The van der Waals surface area contributed by atoms with Gasteiger partial charge in [-0.2, -0.15) is 0 Å². The van der Waals surface area contributed by atoms with E-state index in [1.807, 2.05) is 43.3 Å². The fraction of sp³-hybridized carbons (Fsp3) is 0.118. The molecule has 23 heavy (non-hydrogen) atoms. The second-order valence-corrected chi connectivity index (χ2v) is 5.15. The van der Waals surface area contributed by atoms with E-state index in [0.717, 1.165) is 22.2 Å². The van der Waals surface area contributed by atoms with E-state index < -0.39 is 0 Å². The maximum absolute atomic E-state index is 11.5. The third-order valence-corrected chi connectivity index (χ3v) is 3.40. The SMILES string of the molecule is CNC(=O)Nc1ccc2ncnc(Nc3cccc(C)c3)c2c1. The smallest absolute Gasteiger partial charge is 0.318 e. The Morgan fingerprint density at radius 3 is 2.70 bits per heavy atom. The summed E-state index contributed by atoms with van der Waals surface area (Å²) in [7, 11) is 1.57. The highest BCUT2D eigenvalue weighted by molar-refractivity contribution is 5.96. The summed E-state index contributed by atoms with van der Waals surface area (Å²) < 4.78 is 0. The molecule has 6 nitrogen and oxygen atoms in total. The molecule has 0 unspecified atom stereocenters. The Balaban J connectivity index is 1.99. The summed E-state index contributed by atoms with van der Waals surface area (Å²) in [5.74, 6) is 0.696. The van der Waals surface area contributed by atoms with Crippen LogP contribution in [-0.2, 0) is 0 Å². The van der Waals surface area contributed by atoms with Crippen LogP contribution in [0, 0.1) is 6.92 Å². The molecule has 1 heterocycles. The van der Waals surface area contributed by atoms with Crippen molar-refractivity contribution in [2.45, 2.75) is 6.92 Å². The minimum Gasteiger partial charge on any atom is -0.341 e. The highest BCUT2D eigenvalue weighted by atomic mass is 16.2. The van der Waals surface area contributed by atoms with Crippen LogP contribution in [0.5, 0.6) is 0 Å². The molecule has 0 aliphatic rings. The van der Waals surface area contributed by atoms with Crippen LogP contribution in [0.1, 0.15) is 5.56 Å². The number of nitrogens with zero attached hydrogens (tertiary/aromatic N) is 2. The lowest BCUT2D eigenvalue weighted by molar-refractivity contribution is 0.254. The first-order valence-corrected chi connectivity index (χ1v) is 7.23. The van der Waals surface area contributed by atoms with Crippen molar-refractivity contribution >= 4 is 34.1 Å². The summed E-state index contributed by atoms with van der Waals surface area (Å²) in [6.07, 6.45) is 1.52. The van der Waals surface area contributed by atoms with Gasteiger partial charge in [0.2, 0.25) is 0 Å². The molecular weight excluding hydrogens is 290 g/mol. The number of amides is 2. The number of hydrogen-bond acceptors (Lipinski definition) is 4. The standard InChI is InChI=1S/C17H17N5O/c1-11-4-3-5-12(8-11)21-16-14-9-13(22-17(23)18-2)6-7-15(14)19-10-20-16/h3-10H,1-2H3,(H2,18,22,23)(H,19,20,21). The number of nitrogens with one attached hydrogen (secondary N) is 3. The molecule has 0 radical (unpaired) electrons. The number of anilines is 3. The first-order chi connectivity index (χ1) is 11.2. The molecule has 0 fully saturated rings. The lowest BCUT2D eigenvalue weighted by Gasteiger charge is -2.10. The van der Waals surface area contributed by atoms with Crippen molar-refractivity contribution in [3.8, 4) is 0 Å². The molecule has 2 amide bonds. The molecule has 0 bridgehead atoms. The van der Waals surface area contributed by atoms with E-state index in [4.69, 9.17) is 0 Å². The van der Waals surface area contributed by atoms with Crippen LogP contribution < -0.4 is 16.0 Å². The maximum atomic E-state index is 11.5. The molecule has 3 N–H and O–H groups in total. The normalized spacial score (nSPS) is 10.3. The average Bonchev–Trinajstić information content (AvgIpc) is 2.55. The number of hydrogen-bond donors (Lipinski definition) is 3. The lowest BCUT2D eigenvalue weighted by Crippen LogP contribution is -2.24. The van der Waals surface area contributed by atoms with E-state index in [9.17, 15) is 4.79 Å². The molecule has 3 aromatic rings. The topological polar surface area (TPSA) is 78.9 Å². The zero-order valence-electron chi connectivity index (χ0n) is 12.9. The maximum Gasteiger partial charge on any atom is 0.318 e. The predicted molar refractivity (Wildman–Crippen MR) is 92.1 cm³/mol. The van der Waals surface area contributed by atoms with Crippen molar-refractivity contribution < 1.29 is 4.79 Å². The number of rotatable bonds is 3.